The van der Waals surface area contributed by atoms with Gasteiger partial charge in [0, 0.05) is 6.54 Å². The lowest BCUT2D eigenvalue weighted by Gasteiger charge is -2.09. The third-order valence-electron chi connectivity index (χ3n) is 2.37. The van der Waals surface area contributed by atoms with Crippen LogP contribution in [0.15, 0.2) is 48.5 Å². The zero-order valence-corrected chi connectivity index (χ0v) is 10.5. The summed E-state index contributed by atoms with van der Waals surface area (Å²) < 4.78 is 18.1. The molecule has 2 aromatic rings. The molecule has 0 atom stereocenters. The molecule has 0 amide bonds. The van der Waals surface area contributed by atoms with Crippen molar-refractivity contribution < 1.29 is 9.13 Å². The molecule has 2 aromatic carbocycles. The maximum Gasteiger partial charge on any atom is 0.123 e. The third kappa shape index (κ3) is 3.64. The molecule has 0 spiro atoms. The molecule has 0 saturated heterocycles. The van der Waals surface area contributed by atoms with Crippen LogP contribution < -0.4 is 10.1 Å². The van der Waals surface area contributed by atoms with Gasteiger partial charge in [0.1, 0.15) is 18.2 Å². The standard InChI is InChI=1S/C14H13ClFNO/c15-13-3-1-2-4-14(13)17-9-10-18-12-7-5-11(16)6-8-12/h1-8,17H,9-10H2. The maximum absolute atomic E-state index is 12.7. The molecule has 4 heteroatoms. The molecule has 0 unspecified atom stereocenters. The van der Waals surface area contributed by atoms with Crippen LogP contribution in [0.25, 0.3) is 0 Å². The number of hydrogen-bond acceptors (Lipinski definition) is 2. The lowest BCUT2D eigenvalue weighted by atomic mass is 10.3. The van der Waals surface area contributed by atoms with Gasteiger partial charge in [-0.2, -0.15) is 0 Å². The lowest BCUT2D eigenvalue weighted by molar-refractivity contribution is 0.332. The smallest absolute Gasteiger partial charge is 0.123 e. The van der Waals surface area contributed by atoms with E-state index in [9.17, 15) is 4.39 Å². The minimum absolute atomic E-state index is 0.267. The van der Waals surface area contributed by atoms with Gasteiger partial charge in [0.25, 0.3) is 0 Å². The molecule has 0 bridgehead atoms. The van der Waals surface area contributed by atoms with Crippen LogP contribution in [0.3, 0.4) is 0 Å². The minimum atomic E-state index is -0.267. The Bertz CT molecular complexity index is 501. The number of benzene rings is 2. The van der Waals surface area contributed by atoms with Crippen LogP contribution in [0.2, 0.25) is 5.02 Å². The van der Waals surface area contributed by atoms with Gasteiger partial charge in [-0.15, -0.1) is 0 Å². The fraction of sp³-hybridized carbons (Fsp3) is 0.143. The van der Waals surface area contributed by atoms with Gasteiger partial charge in [-0.3, -0.25) is 0 Å². The number of para-hydroxylation sites is 1. The highest BCUT2D eigenvalue weighted by Crippen LogP contribution is 2.20. The van der Waals surface area contributed by atoms with Crippen LogP contribution in [0, 0.1) is 5.82 Å². The van der Waals surface area contributed by atoms with Gasteiger partial charge in [0.05, 0.1) is 10.7 Å². The van der Waals surface area contributed by atoms with E-state index in [4.69, 9.17) is 16.3 Å². The van der Waals surface area contributed by atoms with Crippen LogP contribution in [-0.4, -0.2) is 13.2 Å². The Balaban J connectivity index is 1.76. The van der Waals surface area contributed by atoms with Crippen molar-refractivity contribution in [3.63, 3.8) is 0 Å². The van der Waals surface area contributed by atoms with E-state index in [0.29, 0.717) is 23.9 Å². The van der Waals surface area contributed by atoms with E-state index in [1.165, 1.54) is 12.1 Å². The molecule has 18 heavy (non-hydrogen) atoms. The maximum atomic E-state index is 12.7. The molecule has 94 valence electrons. The van der Waals surface area contributed by atoms with E-state index >= 15 is 0 Å². The highest BCUT2D eigenvalue weighted by molar-refractivity contribution is 6.33. The molecular weight excluding hydrogens is 253 g/mol. The predicted octanol–water partition coefficient (Wildman–Crippen LogP) is 3.97. The number of rotatable bonds is 5. The average Bonchev–Trinajstić information content (AvgIpc) is 2.39. The summed E-state index contributed by atoms with van der Waals surface area (Å²) in [6.45, 7) is 1.11. The summed E-state index contributed by atoms with van der Waals surface area (Å²) in [5, 5.41) is 3.84. The summed E-state index contributed by atoms with van der Waals surface area (Å²) >= 11 is 5.99. The summed E-state index contributed by atoms with van der Waals surface area (Å²) in [4.78, 5) is 0. The summed E-state index contributed by atoms with van der Waals surface area (Å²) in [5.41, 5.74) is 0.877. The molecule has 0 fully saturated rings. The van der Waals surface area contributed by atoms with Gasteiger partial charge in [0.15, 0.2) is 0 Å². The predicted molar refractivity (Wildman–Crippen MR) is 71.8 cm³/mol. The lowest BCUT2D eigenvalue weighted by Crippen LogP contribution is -2.11. The van der Waals surface area contributed by atoms with Crippen LogP contribution in [0.4, 0.5) is 10.1 Å². The number of nitrogens with one attached hydrogen (secondary N) is 1. The fourth-order valence-electron chi connectivity index (χ4n) is 1.49. The number of ether oxygens (including phenoxy) is 1. The summed E-state index contributed by atoms with van der Waals surface area (Å²) in [7, 11) is 0. The molecule has 1 N–H and O–H groups in total. The molecular formula is C14H13ClFNO. The van der Waals surface area contributed by atoms with Crippen molar-refractivity contribution in [3.8, 4) is 5.75 Å². The van der Waals surface area contributed by atoms with Crippen LogP contribution >= 0.6 is 11.6 Å². The van der Waals surface area contributed by atoms with Crippen LogP contribution in [-0.2, 0) is 0 Å². The summed E-state index contributed by atoms with van der Waals surface area (Å²) in [6, 6.07) is 13.5. The molecule has 0 saturated carbocycles. The van der Waals surface area contributed by atoms with Crippen molar-refractivity contribution in [3.05, 3.63) is 59.4 Å². The highest BCUT2D eigenvalue weighted by Gasteiger charge is 1.98. The van der Waals surface area contributed by atoms with Crippen LogP contribution in [0.5, 0.6) is 5.75 Å². The second-order valence-electron chi connectivity index (χ2n) is 3.71. The molecule has 2 nitrogen and oxygen atoms in total. The molecule has 0 aliphatic carbocycles. The van der Waals surface area contributed by atoms with Gasteiger partial charge in [-0.05, 0) is 36.4 Å². The van der Waals surface area contributed by atoms with Crippen molar-refractivity contribution in [1.29, 1.82) is 0 Å². The Morgan fingerprint density at radius 2 is 1.78 bits per heavy atom. The first kappa shape index (κ1) is 12.7. The monoisotopic (exact) mass is 265 g/mol. The molecule has 0 aliphatic heterocycles. The largest absolute Gasteiger partial charge is 0.492 e. The first-order valence-corrected chi connectivity index (χ1v) is 6.00. The van der Waals surface area contributed by atoms with Crippen molar-refractivity contribution in [2.45, 2.75) is 0 Å². The van der Waals surface area contributed by atoms with Crippen molar-refractivity contribution >= 4 is 17.3 Å². The van der Waals surface area contributed by atoms with Gasteiger partial charge in [0.2, 0.25) is 0 Å². The Labute approximate surface area is 110 Å². The highest BCUT2D eigenvalue weighted by atomic mass is 35.5. The number of anilines is 1. The van der Waals surface area contributed by atoms with E-state index in [0.717, 1.165) is 5.69 Å². The SMILES string of the molecule is Fc1ccc(OCCNc2ccccc2Cl)cc1. The minimum Gasteiger partial charge on any atom is -0.492 e. The van der Waals surface area contributed by atoms with E-state index in [1.807, 2.05) is 24.3 Å². The second-order valence-corrected chi connectivity index (χ2v) is 4.12. The molecule has 2 rings (SSSR count). The van der Waals surface area contributed by atoms with E-state index in [1.54, 1.807) is 12.1 Å². The second kappa shape index (κ2) is 6.26. The Morgan fingerprint density at radius 3 is 2.50 bits per heavy atom. The quantitative estimate of drug-likeness (QED) is 0.826. The molecule has 0 aliphatic rings. The Kier molecular flexibility index (Phi) is 4.42. The Hall–Kier alpha value is -1.74. The molecule has 0 radical (unpaired) electrons. The summed E-state index contributed by atoms with van der Waals surface area (Å²) in [5.74, 6) is 0.383. The first-order valence-electron chi connectivity index (χ1n) is 5.62. The molecule has 0 heterocycles. The number of hydrogen-bond donors (Lipinski definition) is 1. The van der Waals surface area contributed by atoms with Crippen molar-refractivity contribution in [2.24, 2.45) is 0 Å². The van der Waals surface area contributed by atoms with E-state index in [2.05, 4.69) is 5.32 Å². The fourth-order valence-corrected chi connectivity index (χ4v) is 1.69. The Morgan fingerprint density at radius 1 is 1.06 bits per heavy atom. The van der Waals surface area contributed by atoms with Crippen molar-refractivity contribution in [1.82, 2.24) is 0 Å². The normalized spacial score (nSPS) is 10.1. The van der Waals surface area contributed by atoms with E-state index in [-0.39, 0.29) is 5.82 Å². The van der Waals surface area contributed by atoms with Gasteiger partial charge < -0.3 is 10.1 Å². The zero-order valence-electron chi connectivity index (χ0n) is 9.70. The van der Waals surface area contributed by atoms with Gasteiger partial charge >= 0.3 is 0 Å². The van der Waals surface area contributed by atoms with Crippen molar-refractivity contribution in [2.75, 3.05) is 18.5 Å². The molecule has 0 aromatic heterocycles. The first-order chi connectivity index (χ1) is 8.75. The zero-order chi connectivity index (χ0) is 12.8. The average molecular weight is 266 g/mol. The van der Waals surface area contributed by atoms with Gasteiger partial charge in [-0.1, -0.05) is 23.7 Å². The number of halogens is 2. The third-order valence-corrected chi connectivity index (χ3v) is 2.70. The van der Waals surface area contributed by atoms with Crippen LogP contribution in [0.1, 0.15) is 0 Å². The topological polar surface area (TPSA) is 21.3 Å². The van der Waals surface area contributed by atoms with Gasteiger partial charge in [-0.25, -0.2) is 4.39 Å². The summed E-state index contributed by atoms with van der Waals surface area (Å²) in [6.07, 6.45) is 0. The van der Waals surface area contributed by atoms with E-state index < -0.39 is 0 Å².